The molecule has 118 valence electrons. The molecular formula is C17H21NO2S2. The first-order chi connectivity index (χ1) is 10.7. The summed E-state index contributed by atoms with van der Waals surface area (Å²) < 4.78 is 6.67. The third kappa shape index (κ3) is 4.92. The molecule has 0 bridgehead atoms. The van der Waals surface area contributed by atoms with E-state index in [0.29, 0.717) is 12.3 Å². The van der Waals surface area contributed by atoms with Crippen LogP contribution in [0, 0.1) is 0 Å². The minimum absolute atomic E-state index is 0.00194. The summed E-state index contributed by atoms with van der Waals surface area (Å²) in [6.07, 6.45) is 8.46. The lowest BCUT2D eigenvalue weighted by Gasteiger charge is -2.09. The number of unbranched alkanes of at least 4 members (excludes halogenated alkanes) is 3. The first-order valence-corrected chi connectivity index (χ1v) is 9.57. The van der Waals surface area contributed by atoms with Crippen molar-refractivity contribution in [2.75, 3.05) is 12.9 Å². The topological polar surface area (TPSA) is 38.7 Å². The van der Waals surface area contributed by atoms with Crippen LogP contribution in [-0.4, -0.2) is 22.4 Å². The second-order valence-electron chi connectivity index (χ2n) is 4.95. The number of rotatable bonds is 7. The fraction of sp³-hybridized carbons (Fsp3) is 0.412. The van der Waals surface area contributed by atoms with Crippen LogP contribution < -0.4 is 4.74 Å². The average molecular weight is 335 g/mol. The molecule has 0 N–H and O–H groups in total. The Labute approximate surface area is 140 Å². The molecule has 5 heteroatoms. The van der Waals surface area contributed by atoms with Crippen LogP contribution in [0.3, 0.4) is 0 Å². The molecule has 1 aliphatic rings. The standard InChI is InChI=1S/C17H21NO2S2/c1-3-4-5-8-11-20-15-10-7-6-9-13(15)12-14-16(19)22-17(18-14)21-2/h6-7,9-10,12H,3-5,8,11H2,1-2H3/b14-12-. The van der Waals surface area contributed by atoms with E-state index in [-0.39, 0.29) is 5.12 Å². The highest BCUT2D eigenvalue weighted by Gasteiger charge is 2.21. The molecule has 0 amide bonds. The largest absolute Gasteiger partial charge is 0.493 e. The Hall–Kier alpha value is -1.20. The van der Waals surface area contributed by atoms with Crippen molar-refractivity contribution in [2.24, 2.45) is 4.99 Å². The van der Waals surface area contributed by atoms with E-state index in [9.17, 15) is 4.79 Å². The van der Waals surface area contributed by atoms with Gasteiger partial charge in [0, 0.05) is 5.56 Å². The number of hydrogen-bond acceptors (Lipinski definition) is 5. The van der Waals surface area contributed by atoms with Gasteiger partial charge in [0.15, 0.2) is 0 Å². The van der Waals surface area contributed by atoms with E-state index in [0.717, 1.165) is 22.1 Å². The van der Waals surface area contributed by atoms with E-state index in [4.69, 9.17) is 4.74 Å². The lowest BCUT2D eigenvalue weighted by molar-refractivity contribution is -0.107. The summed E-state index contributed by atoms with van der Waals surface area (Å²) in [5, 5.41) is 0.00194. The van der Waals surface area contributed by atoms with Crippen molar-refractivity contribution >= 4 is 39.1 Å². The zero-order valence-electron chi connectivity index (χ0n) is 13.0. The highest BCUT2D eigenvalue weighted by atomic mass is 32.2. The monoisotopic (exact) mass is 335 g/mol. The van der Waals surface area contributed by atoms with Crippen molar-refractivity contribution in [1.82, 2.24) is 0 Å². The molecule has 1 heterocycles. The first-order valence-electron chi connectivity index (χ1n) is 7.53. The lowest BCUT2D eigenvalue weighted by atomic mass is 10.1. The third-order valence-electron chi connectivity index (χ3n) is 3.24. The van der Waals surface area contributed by atoms with E-state index in [1.807, 2.05) is 36.6 Å². The van der Waals surface area contributed by atoms with E-state index < -0.39 is 0 Å². The molecule has 0 saturated carbocycles. The fourth-order valence-electron chi connectivity index (χ4n) is 2.07. The first kappa shape index (κ1) is 17.2. The van der Waals surface area contributed by atoms with Gasteiger partial charge in [-0.05, 0) is 36.6 Å². The Bertz CT molecular complexity index is 582. The molecule has 0 aliphatic carbocycles. The van der Waals surface area contributed by atoms with Crippen molar-refractivity contribution in [2.45, 2.75) is 32.6 Å². The summed E-state index contributed by atoms with van der Waals surface area (Å²) in [7, 11) is 0. The Balaban J connectivity index is 2.05. The smallest absolute Gasteiger partial charge is 0.244 e. The maximum absolute atomic E-state index is 11.9. The molecule has 0 aromatic heterocycles. The van der Waals surface area contributed by atoms with E-state index in [1.54, 1.807) is 0 Å². The average Bonchev–Trinajstić information content (AvgIpc) is 2.89. The summed E-state index contributed by atoms with van der Waals surface area (Å²) in [6, 6.07) is 7.80. The summed E-state index contributed by atoms with van der Waals surface area (Å²) in [5.41, 5.74) is 1.41. The molecule has 22 heavy (non-hydrogen) atoms. The van der Waals surface area contributed by atoms with Gasteiger partial charge in [0.05, 0.1) is 6.61 Å². The number of para-hydroxylation sites is 1. The molecule has 1 aromatic carbocycles. The quantitative estimate of drug-likeness (QED) is 0.520. The molecule has 3 nitrogen and oxygen atoms in total. The lowest BCUT2D eigenvalue weighted by Crippen LogP contribution is -1.99. The van der Waals surface area contributed by atoms with Gasteiger partial charge in [-0.3, -0.25) is 4.79 Å². The summed E-state index contributed by atoms with van der Waals surface area (Å²) in [6.45, 7) is 2.91. The second kappa shape index (κ2) is 9.06. The second-order valence-corrected chi connectivity index (χ2v) is 6.96. The normalized spacial score (nSPS) is 16.2. The molecular weight excluding hydrogens is 314 g/mol. The minimum Gasteiger partial charge on any atom is -0.493 e. The van der Waals surface area contributed by atoms with Crippen molar-refractivity contribution in [3.8, 4) is 5.75 Å². The SMILES string of the molecule is CCCCCCOc1ccccc1/C=C1\N=C(SC)SC1=O. The molecule has 0 spiro atoms. The fourth-order valence-corrected chi connectivity index (χ4v) is 3.33. The van der Waals surface area contributed by atoms with Crippen LogP contribution in [0.4, 0.5) is 0 Å². The zero-order valence-corrected chi connectivity index (χ0v) is 14.6. The number of ether oxygens (including phenoxy) is 1. The van der Waals surface area contributed by atoms with E-state index in [2.05, 4.69) is 11.9 Å². The van der Waals surface area contributed by atoms with Crippen molar-refractivity contribution < 1.29 is 9.53 Å². The van der Waals surface area contributed by atoms with Gasteiger partial charge in [-0.2, -0.15) is 0 Å². The van der Waals surface area contributed by atoms with Gasteiger partial charge in [-0.25, -0.2) is 4.99 Å². The molecule has 0 atom stereocenters. The number of carbonyl (C=O) groups excluding carboxylic acids is 1. The number of aliphatic imine (C=N–C) groups is 1. The van der Waals surface area contributed by atoms with Gasteiger partial charge in [-0.1, -0.05) is 44.4 Å². The Morgan fingerprint density at radius 2 is 2.09 bits per heavy atom. The van der Waals surface area contributed by atoms with E-state index >= 15 is 0 Å². The summed E-state index contributed by atoms with van der Waals surface area (Å²) in [5.74, 6) is 0.817. The zero-order chi connectivity index (χ0) is 15.8. The number of carbonyl (C=O) groups is 1. The van der Waals surface area contributed by atoms with Gasteiger partial charge in [-0.15, -0.1) is 11.8 Å². The maximum Gasteiger partial charge on any atom is 0.244 e. The Kier molecular flexibility index (Phi) is 7.06. The predicted octanol–water partition coefficient (Wildman–Crippen LogP) is 4.98. The van der Waals surface area contributed by atoms with Gasteiger partial charge in [0.2, 0.25) is 5.12 Å². The molecule has 0 fully saturated rings. The van der Waals surface area contributed by atoms with E-state index in [1.165, 1.54) is 42.8 Å². The molecule has 0 radical (unpaired) electrons. The third-order valence-corrected chi connectivity index (χ3v) is 5.09. The van der Waals surface area contributed by atoms with Crippen LogP contribution in [0.15, 0.2) is 35.0 Å². The van der Waals surface area contributed by atoms with Crippen molar-refractivity contribution in [3.63, 3.8) is 0 Å². The predicted molar refractivity (Wildman–Crippen MR) is 97.6 cm³/mol. The maximum atomic E-state index is 11.9. The van der Waals surface area contributed by atoms with Crippen molar-refractivity contribution in [1.29, 1.82) is 0 Å². The Morgan fingerprint density at radius 1 is 1.27 bits per heavy atom. The van der Waals surface area contributed by atoms with Crippen LogP contribution in [0.2, 0.25) is 0 Å². The summed E-state index contributed by atoms with van der Waals surface area (Å²) >= 11 is 2.69. The number of thioether (sulfide) groups is 2. The van der Waals surface area contributed by atoms with Gasteiger partial charge in [0.25, 0.3) is 0 Å². The van der Waals surface area contributed by atoms with Crippen LogP contribution in [-0.2, 0) is 4.79 Å². The molecule has 0 saturated heterocycles. The molecule has 0 unspecified atom stereocenters. The van der Waals surface area contributed by atoms with Crippen LogP contribution in [0.25, 0.3) is 6.08 Å². The van der Waals surface area contributed by atoms with Crippen molar-refractivity contribution in [3.05, 3.63) is 35.5 Å². The van der Waals surface area contributed by atoms with Crippen LogP contribution >= 0.6 is 23.5 Å². The molecule has 1 aliphatic heterocycles. The van der Waals surface area contributed by atoms with Crippen LogP contribution in [0.5, 0.6) is 5.75 Å². The number of hydrogen-bond donors (Lipinski definition) is 0. The van der Waals surface area contributed by atoms with Gasteiger partial charge >= 0.3 is 0 Å². The highest BCUT2D eigenvalue weighted by molar-refractivity contribution is 8.45. The summed E-state index contributed by atoms with van der Waals surface area (Å²) in [4.78, 5) is 16.3. The number of nitrogens with zero attached hydrogens (tertiary/aromatic N) is 1. The number of benzene rings is 1. The van der Waals surface area contributed by atoms with Gasteiger partial charge < -0.3 is 4.74 Å². The highest BCUT2D eigenvalue weighted by Crippen LogP contribution is 2.31. The molecule has 2 rings (SSSR count). The van der Waals surface area contributed by atoms with Crippen LogP contribution in [0.1, 0.15) is 38.2 Å². The Morgan fingerprint density at radius 3 is 2.82 bits per heavy atom. The molecule has 1 aromatic rings. The van der Waals surface area contributed by atoms with Gasteiger partial charge in [0.1, 0.15) is 15.8 Å². The minimum atomic E-state index is 0.00194.